The van der Waals surface area contributed by atoms with Crippen LogP contribution in [-0.2, 0) is 9.47 Å². The lowest BCUT2D eigenvalue weighted by Gasteiger charge is -2.37. The van der Waals surface area contributed by atoms with E-state index in [-0.39, 0.29) is 11.8 Å². The zero-order valence-corrected chi connectivity index (χ0v) is 16.5. The van der Waals surface area contributed by atoms with Gasteiger partial charge in [0.2, 0.25) is 0 Å². The summed E-state index contributed by atoms with van der Waals surface area (Å²) in [6.45, 7) is 6.72. The Morgan fingerprint density at radius 1 is 1.14 bits per heavy atom. The van der Waals surface area contributed by atoms with Crippen LogP contribution in [0.2, 0.25) is 0 Å². The Kier molecular flexibility index (Phi) is 6.09. The second kappa shape index (κ2) is 8.52. The molecule has 1 heterocycles. The monoisotopic (exact) mass is 385 g/mol. The van der Waals surface area contributed by atoms with Crippen molar-refractivity contribution in [3.8, 4) is 11.5 Å². The summed E-state index contributed by atoms with van der Waals surface area (Å²) in [6, 6.07) is 16.5. The van der Waals surface area contributed by atoms with E-state index >= 15 is 0 Å². The Hall–Kier alpha value is -2.73. The zero-order valence-electron chi connectivity index (χ0n) is 16.5. The van der Waals surface area contributed by atoms with Gasteiger partial charge in [-0.3, -0.25) is 0 Å². The van der Waals surface area contributed by atoms with Gasteiger partial charge in [0, 0.05) is 6.54 Å². The average Bonchev–Trinajstić information content (AvgIpc) is 2.67. The smallest absolute Gasteiger partial charge is 0.410 e. The molecule has 1 aliphatic heterocycles. The number of carbonyl (C=O) groups excluding carboxylic acids is 1. The molecule has 150 valence electrons. The Labute approximate surface area is 165 Å². The van der Waals surface area contributed by atoms with Gasteiger partial charge in [-0.25, -0.2) is 4.79 Å². The second-order valence-corrected chi connectivity index (χ2v) is 7.75. The number of morpholine rings is 1. The fourth-order valence-corrected chi connectivity index (χ4v) is 3.05. The molecular formula is C22H27NO5. The first-order valence-corrected chi connectivity index (χ1v) is 9.42. The van der Waals surface area contributed by atoms with Crippen molar-refractivity contribution in [2.75, 3.05) is 19.7 Å². The molecule has 0 bridgehead atoms. The molecule has 2 atom stereocenters. The van der Waals surface area contributed by atoms with Gasteiger partial charge in [0.15, 0.2) is 17.6 Å². The molecule has 0 spiro atoms. The van der Waals surface area contributed by atoms with Crippen molar-refractivity contribution >= 4 is 6.09 Å². The van der Waals surface area contributed by atoms with Crippen LogP contribution in [0.25, 0.3) is 0 Å². The van der Waals surface area contributed by atoms with Crippen LogP contribution < -0.4 is 4.74 Å². The van der Waals surface area contributed by atoms with Crippen LogP contribution in [0.1, 0.15) is 32.4 Å². The zero-order chi connectivity index (χ0) is 20.1. The van der Waals surface area contributed by atoms with Gasteiger partial charge in [0.1, 0.15) is 11.7 Å². The van der Waals surface area contributed by atoms with Crippen molar-refractivity contribution in [2.45, 2.75) is 38.6 Å². The fourth-order valence-electron chi connectivity index (χ4n) is 3.05. The van der Waals surface area contributed by atoms with Gasteiger partial charge >= 0.3 is 6.09 Å². The summed E-state index contributed by atoms with van der Waals surface area (Å²) in [4.78, 5) is 14.1. The SMILES string of the molecule is CC(C)(C)OC(=O)N1CCOC(C(Oc2ccccc2O)c2ccccc2)C1. The van der Waals surface area contributed by atoms with Crippen LogP contribution in [0.15, 0.2) is 54.6 Å². The van der Waals surface area contributed by atoms with E-state index in [0.717, 1.165) is 5.56 Å². The summed E-state index contributed by atoms with van der Waals surface area (Å²) in [5.41, 5.74) is 0.345. The van der Waals surface area contributed by atoms with Gasteiger partial charge in [-0.05, 0) is 38.5 Å². The van der Waals surface area contributed by atoms with E-state index in [1.807, 2.05) is 51.1 Å². The van der Waals surface area contributed by atoms with E-state index in [4.69, 9.17) is 14.2 Å². The van der Waals surface area contributed by atoms with Crippen molar-refractivity contribution in [2.24, 2.45) is 0 Å². The molecule has 0 radical (unpaired) electrons. The quantitative estimate of drug-likeness (QED) is 0.856. The highest BCUT2D eigenvalue weighted by Crippen LogP contribution is 2.33. The number of amides is 1. The lowest BCUT2D eigenvalue weighted by molar-refractivity contribution is -0.0840. The number of rotatable bonds is 4. The molecule has 2 aromatic carbocycles. The highest BCUT2D eigenvalue weighted by atomic mass is 16.6. The average molecular weight is 385 g/mol. The minimum absolute atomic E-state index is 0.0586. The van der Waals surface area contributed by atoms with E-state index in [1.165, 1.54) is 0 Å². The minimum atomic E-state index is -0.559. The lowest BCUT2D eigenvalue weighted by atomic mass is 10.0. The first-order valence-electron chi connectivity index (χ1n) is 9.42. The highest BCUT2D eigenvalue weighted by molar-refractivity contribution is 5.68. The minimum Gasteiger partial charge on any atom is -0.504 e. The third kappa shape index (κ3) is 5.16. The number of ether oxygens (including phenoxy) is 3. The lowest BCUT2D eigenvalue weighted by Crippen LogP contribution is -2.50. The van der Waals surface area contributed by atoms with E-state index in [2.05, 4.69) is 0 Å². The van der Waals surface area contributed by atoms with Crippen molar-refractivity contribution in [1.82, 2.24) is 4.90 Å². The molecule has 0 aliphatic carbocycles. The number of carbonyl (C=O) groups is 1. The molecule has 6 nitrogen and oxygen atoms in total. The maximum Gasteiger partial charge on any atom is 0.410 e. The predicted molar refractivity (Wildman–Crippen MR) is 105 cm³/mol. The first kappa shape index (κ1) is 20.0. The number of hydrogen-bond donors (Lipinski definition) is 1. The molecule has 6 heteroatoms. The van der Waals surface area contributed by atoms with Gasteiger partial charge in [-0.15, -0.1) is 0 Å². The van der Waals surface area contributed by atoms with E-state index in [1.54, 1.807) is 29.2 Å². The number of hydrogen-bond acceptors (Lipinski definition) is 5. The maximum atomic E-state index is 12.5. The Bertz CT molecular complexity index is 787. The molecule has 1 amide bonds. The van der Waals surface area contributed by atoms with E-state index < -0.39 is 17.8 Å². The van der Waals surface area contributed by atoms with Gasteiger partial charge in [0.05, 0.1) is 13.2 Å². The summed E-state index contributed by atoms with van der Waals surface area (Å²) in [6.07, 6.45) is -1.25. The van der Waals surface area contributed by atoms with Crippen LogP contribution in [0.5, 0.6) is 11.5 Å². The molecule has 3 rings (SSSR count). The van der Waals surface area contributed by atoms with Crippen LogP contribution in [0.3, 0.4) is 0 Å². The molecule has 1 N–H and O–H groups in total. The molecule has 1 fully saturated rings. The molecule has 0 saturated carbocycles. The molecule has 1 aliphatic rings. The van der Waals surface area contributed by atoms with Crippen molar-refractivity contribution in [3.05, 3.63) is 60.2 Å². The van der Waals surface area contributed by atoms with Gasteiger partial charge in [-0.1, -0.05) is 42.5 Å². The first-order chi connectivity index (χ1) is 13.3. The van der Waals surface area contributed by atoms with Crippen molar-refractivity contribution in [1.29, 1.82) is 0 Å². The summed E-state index contributed by atoms with van der Waals surface area (Å²) in [5, 5.41) is 10.1. The largest absolute Gasteiger partial charge is 0.504 e. The van der Waals surface area contributed by atoms with Crippen LogP contribution in [0, 0.1) is 0 Å². The number of para-hydroxylation sites is 2. The third-order valence-corrected chi connectivity index (χ3v) is 4.33. The van der Waals surface area contributed by atoms with Crippen molar-refractivity contribution < 1.29 is 24.1 Å². The van der Waals surface area contributed by atoms with Gasteiger partial charge in [0.25, 0.3) is 0 Å². The van der Waals surface area contributed by atoms with Gasteiger partial charge in [-0.2, -0.15) is 0 Å². The maximum absolute atomic E-state index is 12.5. The van der Waals surface area contributed by atoms with E-state index in [9.17, 15) is 9.90 Å². The van der Waals surface area contributed by atoms with E-state index in [0.29, 0.717) is 25.4 Å². The van der Waals surface area contributed by atoms with Gasteiger partial charge < -0.3 is 24.2 Å². The van der Waals surface area contributed by atoms with Crippen LogP contribution in [0.4, 0.5) is 4.79 Å². The number of aromatic hydroxyl groups is 1. The molecule has 2 unspecified atom stereocenters. The topological polar surface area (TPSA) is 68.2 Å². The molecule has 28 heavy (non-hydrogen) atoms. The molecule has 2 aromatic rings. The molecule has 0 aromatic heterocycles. The van der Waals surface area contributed by atoms with Crippen molar-refractivity contribution in [3.63, 3.8) is 0 Å². The standard InChI is InChI=1S/C22H27NO5/c1-22(2,3)28-21(25)23-13-14-26-19(15-23)20(16-9-5-4-6-10-16)27-18-12-8-7-11-17(18)24/h4-12,19-20,24H,13-15H2,1-3H3. The number of nitrogens with zero attached hydrogens (tertiary/aromatic N) is 1. The second-order valence-electron chi connectivity index (χ2n) is 7.75. The summed E-state index contributed by atoms with van der Waals surface area (Å²) >= 11 is 0. The number of phenols is 1. The summed E-state index contributed by atoms with van der Waals surface area (Å²) in [5.74, 6) is 0.428. The normalized spacial score (nSPS) is 18.4. The van der Waals surface area contributed by atoms with Crippen LogP contribution in [-0.4, -0.2) is 47.5 Å². The Balaban J connectivity index is 1.81. The fraction of sp³-hybridized carbons (Fsp3) is 0.409. The third-order valence-electron chi connectivity index (χ3n) is 4.33. The summed E-state index contributed by atoms with van der Waals surface area (Å²) in [7, 11) is 0. The number of benzene rings is 2. The van der Waals surface area contributed by atoms with Crippen LogP contribution >= 0.6 is 0 Å². The highest BCUT2D eigenvalue weighted by Gasteiger charge is 2.34. The summed E-state index contributed by atoms with van der Waals surface area (Å²) < 4.78 is 17.6. The Morgan fingerprint density at radius 2 is 1.82 bits per heavy atom. The molecule has 1 saturated heterocycles. The predicted octanol–water partition coefficient (Wildman–Crippen LogP) is 4.15. The number of phenolic OH excluding ortho intramolecular Hbond substituents is 1. The molecular weight excluding hydrogens is 358 g/mol. The Morgan fingerprint density at radius 3 is 2.50 bits per heavy atom.